The number of carbonyl (C=O) groups is 1. The summed E-state index contributed by atoms with van der Waals surface area (Å²) in [6.07, 6.45) is 6.96. The van der Waals surface area contributed by atoms with Crippen molar-refractivity contribution in [2.24, 2.45) is 7.05 Å². The van der Waals surface area contributed by atoms with Gasteiger partial charge in [0.2, 0.25) is 0 Å². The summed E-state index contributed by atoms with van der Waals surface area (Å²) in [6.45, 7) is 2.93. The zero-order valence-electron chi connectivity index (χ0n) is 15.5. The minimum absolute atomic E-state index is 0.0625. The number of rotatable bonds is 8. The molecule has 0 saturated heterocycles. The van der Waals surface area contributed by atoms with Gasteiger partial charge in [-0.1, -0.05) is 18.2 Å². The molecule has 0 unspecified atom stereocenters. The monoisotopic (exact) mass is 362 g/mol. The fourth-order valence-corrected chi connectivity index (χ4v) is 2.54. The SMILES string of the molecule is CCOc1cccc(/C=C/C(=O)c2ccc(OCc3nccn3C)cc2)c1. The second kappa shape index (κ2) is 8.85. The molecule has 0 amide bonds. The lowest BCUT2D eigenvalue weighted by molar-refractivity contribution is 0.104. The molecule has 0 aliphatic carbocycles. The Hall–Kier alpha value is -3.34. The van der Waals surface area contributed by atoms with Gasteiger partial charge in [-0.25, -0.2) is 4.98 Å². The summed E-state index contributed by atoms with van der Waals surface area (Å²) in [7, 11) is 1.92. The zero-order valence-corrected chi connectivity index (χ0v) is 15.5. The van der Waals surface area contributed by atoms with Crippen LogP contribution in [0.1, 0.15) is 28.7 Å². The van der Waals surface area contributed by atoms with Gasteiger partial charge in [0.25, 0.3) is 0 Å². The van der Waals surface area contributed by atoms with Gasteiger partial charge in [-0.15, -0.1) is 0 Å². The number of ether oxygens (including phenoxy) is 2. The van der Waals surface area contributed by atoms with Gasteiger partial charge in [0.1, 0.15) is 23.9 Å². The molecule has 3 rings (SSSR count). The van der Waals surface area contributed by atoms with Crippen LogP contribution in [0.15, 0.2) is 67.0 Å². The molecule has 0 bridgehead atoms. The van der Waals surface area contributed by atoms with Crippen LogP contribution in [0, 0.1) is 0 Å². The molecule has 1 aromatic heterocycles. The first-order valence-electron chi connectivity index (χ1n) is 8.80. The maximum atomic E-state index is 12.4. The van der Waals surface area contributed by atoms with Crippen molar-refractivity contribution in [3.05, 3.63) is 84.0 Å². The van der Waals surface area contributed by atoms with E-state index in [1.165, 1.54) is 0 Å². The van der Waals surface area contributed by atoms with Gasteiger partial charge >= 0.3 is 0 Å². The molecular weight excluding hydrogens is 340 g/mol. The molecule has 0 aliphatic heterocycles. The first-order chi connectivity index (χ1) is 13.2. The van der Waals surface area contributed by atoms with Crippen LogP contribution in [0.4, 0.5) is 0 Å². The van der Waals surface area contributed by atoms with Gasteiger partial charge < -0.3 is 14.0 Å². The quantitative estimate of drug-likeness (QED) is 0.443. The number of aryl methyl sites for hydroxylation is 1. The molecule has 138 valence electrons. The summed E-state index contributed by atoms with van der Waals surface area (Å²) >= 11 is 0. The molecule has 0 fully saturated rings. The van der Waals surface area contributed by atoms with Crippen LogP contribution in [0.25, 0.3) is 6.08 Å². The van der Waals surface area contributed by atoms with E-state index in [-0.39, 0.29) is 5.78 Å². The van der Waals surface area contributed by atoms with E-state index in [4.69, 9.17) is 9.47 Å². The summed E-state index contributed by atoms with van der Waals surface area (Å²) in [6, 6.07) is 14.7. The van der Waals surface area contributed by atoms with Crippen molar-refractivity contribution >= 4 is 11.9 Å². The number of nitrogens with zero attached hydrogens (tertiary/aromatic N) is 2. The molecule has 27 heavy (non-hydrogen) atoms. The normalized spacial score (nSPS) is 10.9. The summed E-state index contributed by atoms with van der Waals surface area (Å²) in [5, 5.41) is 0. The van der Waals surface area contributed by atoms with E-state index in [0.29, 0.717) is 24.5 Å². The summed E-state index contributed by atoms with van der Waals surface area (Å²) in [5.41, 5.74) is 1.53. The molecule has 0 aliphatic rings. The average molecular weight is 362 g/mol. The third-order valence-corrected chi connectivity index (χ3v) is 4.02. The molecule has 0 radical (unpaired) electrons. The smallest absolute Gasteiger partial charge is 0.185 e. The van der Waals surface area contributed by atoms with Gasteiger partial charge in [0.15, 0.2) is 5.78 Å². The molecule has 2 aromatic carbocycles. The van der Waals surface area contributed by atoms with Crippen LogP contribution < -0.4 is 9.47 Å². The molecular formula is C22H22N2O3. The van der Waals surface area contributed by atoms with Crippen molar-refractivity contribution < 1.29 is 14.3 Å². The number of allylic oxidation sites excluding steroid dienone is 1. The van der Waals surface area contributed by atoms with Crippen LogP contribution in [0.3, 0.4) is 0 Å². The molecule has 5 heteroatoms. The largest absolute Gasteiger partial charge is 0.494 e. The van der Waals surface area contributed by atoms with Crippen molar-refractivity contribution in [1.82, 2.24) is 9.55 Å². The Morgan fingerprint density at radius 1 is 1.11 bits per heavy atom. The Balaban J connectivity index is 1.60. The van der Waals surface area contributed by atoms with Crippen molar-refractivity contribution in [1.29, 1.82) is 0 Å². The number of ketones is 1. The lowest BCUT2D eigenvalue weighted by Crippen LogP contribution is -2.03. The van der Waals surface area contributed by atoms with E-state index in [9.17, 15) is 4.79 Å². The Labute approximate surface area is 158 Å². The van der Waals surface area contributed by atoms with Crippen LogP contribution >= 0.6 is 0 Å². The molecule has 0 saturated carbocycles. The van der Waals surface area contributed by atoms with Crippen molar-refractivity contribution in [2.75, 3.05) is 6.61 Å². The van der Waals surface area contributed by atoms with Crippen LogP contribution in [-0.2, 0) is 13.7 Å². The molecule has 1 heterocycles. The number of aromatic nitrogens is 2. The summed E-state index contributed by atoms with van der Waals surface area (Å²) < 4.78 is 13.1. The Morgan fingerprint density at radius 2 is 1.93 bits per heavy atom. The third kappa shape index (κ3) is 5.07. The molecule has 0 N–H and O–H groups in total. The highest BCUT2D eigenvalue weighted by molar-refractivity contribution is 6.06. The number of carbonyl (C=O) groups excluding carboxylic acids is 1. The molecule has 0 atom stereocenters. The summed E-state index contributed by atoms with van der Waals surface area (Å²) in [4.78, 5) is 16.6. The fraction of sp³-hybridized carbons (Fsp3) is 0.182. The number of benzene rings is 2. The molecule has 5 nitrogen and oxygen atoms in total. The fourth-order valence-electron chi connectivity index (χ4n) is 2.54. The van der Waals surface area contributed by atoms with Gasteiger partial charge in [0, 0.05) is 25.0 Å². The first kappa shape index (κ1) is 18.5. The Bertz CT molecular complexity index is 927. The van der Waals surface area contributed by atoms with E-state index >= 15 is 0 Å². The zero-order chi connectivity index (χ0) is 19.1. The van der Waals surface area contributed by atoms with E-state index < -0.39 is 0 Å². The van der Waals surface area contributed by atoms with Crippen LogP contribution in [0.2, 0.25) is 0 Å². The maximum absolute atomic E-state index is 12.4. The van der Waals surface area contributed by atoms with Crippen molar-refractivity contribution in [3.8, 4) is 11.5 Å². The second-order valence-corrected chi connectivity index (χ2v) is 5.97. The van der Waals surface area contributed by atoms with Crippen molar-refractivity contribution in [3.63, 3.8) is 0 Å². The number of imidazole rings is 1. The standard InChI is InChI=1S/C22H22N2O3/c1-3-26-20-6-4-5-17(15-20)7-12-21(25)18-8-10-19(11-9-18)27-16-22-23-13-14-24(22)2/h4-15H,3,16H2,1-2H3/b12-7+. The third-order valence-electron chi connectivity index (χ3n) is 4.02. The predicted molar refractivity (Wildman–Crippen MR) is 105 cm³/mol. The van der Waals surface area contributed by atoms with E-state index in [0.717, 1.165) is 17.1 Å². The number of hydrogen-bond acceptors (Lipinski definition) is 4. The Morgan fingerprint density at radius 3 is 2.63 bits per heavy atom. The second-order valence-electron chi connectivity index (χ2n) is 5.97. The molecule has 3 aromatic rings. The lowest BCUT2D eigenvalue weighted by atomic mass is 10.1. The van der Waals surface area contributed by atoms with Gasteiger partial charge in [-0.05, 0) is 55.0 Å². The highest BCUT2D eigenvalue weighted by Gasteiger charge is 2.04. The van der Waals surface area contributed by atoms with Crippen LogP contribution in [-0.4, -0.2) is 21.9 Å². The van der Waals surface area contributed by atoms with Gasteiger partial charge in [-0.3, -0.25) is 4.79 Å². The molecule has 0 spiro atoms. The van der Waals surface area contributed by atoms with Gasteiger partial charge in [0.05, 0.1) is 6.61 Å². The summed E-state index contributed by atoms with van der Waals surface area (Å²) in [5.74, 6) is 2.27. The van der Waals surface area contributed by atoms with Crippen LogP contribution in [0.5, 0.6) is 11.5 Å². The first-order valence-corrected chi connectivity index (χ1v) is 8.80. The van der Waals surface area contributed by atoms with E-state index in [2.05, 4.69) is 4.98 Å². The minimum atomic E-state index is -0.0625. The van der Waals surface area contributed by atoms with Crippen molar-refractivity contribution in [2.45, 2.75) is 13.5 Å². The van der Waals surface area contributed by atoms with Gasteiger partial charge in [-0.2, -0.15) is 0 Å². The maximum Gasteiger partial charge on any atom is 0.185 e. The highest BCUT2D eigenvalue weighted by atomic mass is 16.5. The number of hydrogen-bond donors (Lipinski definition) is 0. The average Bonchev–Trinajstić information content (AvgIpc) is 3.10. The topological polar surface area (TPSA) is 53.4 Å². The van der Waals surface area contributed by atoms with E-state index in [1.807, 2.05) is 49.0 Å². The van der Waals surface area contributed by atoms with E-state index in [1.54, 1.807) is 42.6 Å². The lowest BCUT2D eigenvalue weighted by Gasteiger charge is -2.06. The minimum Gasteiger partial charge on any atom is -0.494 e. The predicted octanol–water partition coefficient (Wildman–Crippen LogP) is 4.29. The Kier molecular flexibility index (Phi) is 6.05. The highest BCUT2D eigenvalue weighted by Crippen LogP contribution is 2.17.